The predicted octanol–water partition coefficient (Wildman–Crippen LogP) is 3.67. The molecule has 0 fully saturated rings. The maximum atomic E-state index is 10.3. The Bertz CT molecular complexity index is 141. The number of carbonyl (C=O) groups excluding carboxylic acids is 1. The Hall–Kier alpha value is -0.300. The zero-order valence-corrected chi connectivity index (χ0v) is 8.44. The Morgan fingerprint density at radius 3 is 2.58 bits per heavy atom. The molecule has 0 aliphatic rings. The summed E-state index contributed by atoms with van der Waals surface area (Å²) in [6, 6.07) is 0. The number of carbonyl (C=O) groups is 1. The van der Waals surface area contributed by atoms with E-state index in [1.54, 1.807) is 0 Å². The molecule has 0 aromatic rings. The van der Waals surface area contributed by atoms with Gasteiger partial charge in [-0.15, -0.1) is 0 Å². The van der Waals surface area contributed by atoms with Crippen molar-refractivity contribution in [3.8, 4) is 0 Å². The fraction of sp³-hybridized carbons (Fsp3) is 0.700. The highest BCUT2D eigenvalue weighted by Gasteiger charge is 1.88. The summed E-state index contributed by atoms with van der Waals surface area (Å²) in [6.45, 7) is 2.20. The van der Waals surface area contributed by atoms with Gasteiger partial charge in [-0.05, 0) is 24.4 Å². The molecule has 70 valence electrons. The van der Waals surface area contributed by atoms with Crippen molar-refractivity contribution in [1.29, 1.82) is 0 Å². The van der Waals surface area contributed by atoms with E-state index in [9.17, 15) is 4.79 Å². The van der Waals surface area contributed by atoms with Crippen molar-refractivity contribution in [2.75, 3.05) is 0 Å². The first-order chi connectivity index (χ1) is 5.77. The molecule has 0 saturated carbocycles. The van der Waals surface area contributed by atoms with E-state index in [1.807, 2.05) is 12.2 Å². The molecule has 0 aromatic carbocycles. The molecule has 0 heterocycles. The summed E-state index contributed by atoms with van der Waals surface area (Å²) in [7, 11) is 0. The molecule has 0 atom stereocenters. The van der Waals surface area contributed by atoms with Crippen LogP contribution in [0, 0.1) is 0 Å². The Morgan fingerprint density at radius 1 is 1.25 bits per heavy atom. The molecule has 0 rings (SSSR count). The lowest BCUT2D eigenvalue weighted by Crippen LogP contribution is -1.79. The van der Waals surface area contributed by atoms with Crippen molar-refractivity contribution in [3.63, 3.8) is 0 Å². The third-order valence-electron chi connectivity index (χ3n) is 1.67. The highest BCUT2D eigenvalue weighted by Crippen LogP contribution is 2.03. The van der Waals surface area contributed by atoms with Gasteiger partial charge in [0.1, 0.15) is 0 Å². The monoisotopic (exact) mass is 188 g/mol. The van der Waals surface area contributed by atoms with E-state index in [-0.39, 0.29) is 5.24 Å². The average molecular weight is 189 g/mol. The fourth-order valence-corrected chi connectivity index (χ4v) is 1.07. The van der Waals surface area contributed by atoms with Crippen LogP contribution in [0.15, 0.2) is 12.2 Å². The van der Waals surface area contributed by atoms with E-state index in [1.165, 1.54) is 25.7 Å². The second-order valence-electron chi connectivity index (χ2n) is 2.88. The van der Waals surface area contributed by atoms with Crippen LogP contribution in [0.25, 0.3) is 0 Å². The van der Waals surface area contributed by atoms with E-state index < -0.39 is 0 Å². The zero-order valence-electron chi connectivity index (χ0n) is 7.68. The van der Waals surface area contributed by atoms with E-state index >= 15 is 0 Å². The van der Waals surface area contributed by atoms with Crippen LogP contribution in [-0.2, 0) is 4.79 Å². The van der Waals surface area contributed by atoms with Crippen LogP contribution in [-0.4, -0.2) is 5.24 Å². The van der Waals surface area contributed by atoms with E-state index in [2.05, 4.69) is 6.92 Å². The third-order valence-corrected chi connectivity index (χ3v) is 1.82. The smallest absolute Gasteiger partial charge is 0.225 e. The van der Waals surface area contributed by atoms with Gasteiger partial charge in [-0.2, -0.15) is 0 Å². The lowest BCUT2D eigenvalue weighted by atomic mass is 10.1. The lowest BCUT2D eigenvalue weighted by Gasteiger charge is -1.93. The van der Waals surface area contributed by atoms with Crippen LogP contribution in [0.1, 0.15) is 45.4 Å². The molecule has 0 aliphatic carbocycles. The largest absolute Gasteiger partial charge is 0.281 e. The summed E-state index contributed by atoms with van der Waals surface area (Å²) < 4.78 is 0. The van der Waals surface area contributed by atoms with Crippen LogP contribution in [0.5, 0.6) is 0 Å². The molecule has 0 radical (unpaired) electrons. The lowest BCUT2D eigenvalue weighted by molar-refractivity contribution is -0.110. The summed E-state index contributed by atoms with van der Waals surface area (Å²) in [5.74, 6) is 0. The molecule has 2 heteroatoms. The van der Waals surface area contributed by atoms with Crippen LogP contribution >= 0.6 is 11.6 Å². The second kappa shape index (κ2) is 8.79. The van der Waals surface area contributed by atoms with E-state index in [0.717, 1.165) is 6.42 Å². The standard InChI is InChI=1S/C10H17ClO/c1-2-3-4-5-6-7-8-9-10(11)12/h7-8H,2-6,9H2,1H3. The topological polar surface area (TPSA) is 17.1 Å². The molecular weight excluding hydrogens is 172 g/mol. The minimum atomic E-state index is -0.278. The van der Waals surface area contributed by atoms with E-state index in [4.69, 9.17) is 11.6 Å². The molecule has 0 N–H and O–H groups in total. The van der Waals surface area contributed by atoms with Gasteiger partial charge < -0.3 is 0 Å². The van der Waals surface area contributed by atoms with Crippen molar-refractivity contribution in [2.24, 2.45) is 0 Å². The number of hydrogen-bond donors (Lipinski definition) is 0. The number of allylic oxidation sites excluding steroid dienone is 2. The first-order valence-corrected chi connectivity index (χ1v) is 4.98. The molecule has 0 unspecified atom stereocenters. The normalized spacial score (nSPS) is 10.8. The zero-order chi connectivity index (χ0) is 9.23. The Balaban J connectivity index is 3.08. The van der Waals surface area contributed by atoms with Gasteiger partial charge in [-0.1, -0.05) is 38.3 Å². The van der Waals surface area contributed by atoms with Crippen molar-refractivity contribution in [2.45, 2.75) is 45.4 Å². The second-order valence-corrected chi connectivity index (χ2v) is 3.30. The van der Waals surface area contributed by atoms with Gasteiger partial charge >= 0.3 is 0 Å². The average Bonchev–Trinajstić information content (AvgIpc) is 2.02. The third kappa shape index (κ3) is 9.70. The highest BCUT2D eigenvalue weighted by molar-refractivity contribution is 6.63. The molecule has 12 heavy (non-hydrogen) atoms. The van der Waals surface area contributed by atoms with Crippen molar-refractivity contribution < 1.29 is 4.79 Å². The first-order valence-electron chi connectivity index (χ1n) is 4.60. The minimum Gasteiger partial charge on any atom is -0.281 e. The molecule has 1 nitrogen and oxygen atoms in total. The first kappa shape index (κ1) is 11.7. The number of unbranched alkanes of at least 4 members (excludes halogenated alkanes) is 4. The molecule has 0 spiro atoms. The SMILES string of the molecule is CCCCCCC=CCC(=O)Cl. The summed E-state index contributed by atoms with van der Waals surface area (Å²) in [5.41, 5.74) is 0. The van der Waals surface area contributed by atoms with Crippen molar-refractivity contribution in [3.05, 3.63) is 12.2 Å². The Kier molecular flexibility index (Phi) is 8.57. The predicted molar refractivity (Wildman–Crippen MR) is 53.4 cm³/mol. The molecule has 0 saturated heterocycles. The molecule has 0 amide bonds. The van der Waals surface area contributed by atoms with Gasteiger partial charge in [0.05, 0.1) is 0 Å². The Labute approximate surface area is 79.8 Å². The summed E-state index contributed by atoms with van der Waals surface area (Å²) in [6.07, 6.45) is 10.4. The highest BCUT2D eigenvalue weighted by atomic mass is 35.5. The van der Waals surface area contributed by atoms with Crippen molar-refractivity contribution in [1.82, 2.24) is 0 Å². The van der Waals surface area contributed by atoms with Crippen LogP contribution in [0.4, 0.5) is 0 Å². The minimum absolute atomic E-state index is 0.278. The number of halogens is 1. The summed E-state index contributed by atoms with van der Waals surface area (Å²) in [4.78, 5) is 10.3. The van der Waals surface area contributed by atoms with Crippen LogP contribution < -0.4 is 0 Å². The van der Waals surface area contributed by atoms with Crippen LogP contribution in [0.2, 0.25) is 0 Å². The van der Waals surface area contributed by atoms with Gasteiger partial charge in [-0.3, -0.25) is 4.79 Å². The maximum Gasteiger partial charge on any atom is 0.225 e. The summed E-state index contributed by atoms with van der Waals surface area (Å²) >= 11 is 5.15. The van der Waals surface area contributed by atoms with Gasteiger partial charge in [0.25, 0.3) is 0 Å². The van der Waals surface area contributed by atoms with Crippen LogP contribution in [0.3, 0.4) is 0 Å². The number of hydrogen-bond acceptors (Lipinski definition) is 1. The quantitative estimate of drug-likeness (QED) is 0.339. The molecule has 0 aromatic heterocycles. The fourth-order valence-electron chi connectivity index (χ4n) is 0.983. The maximum absolute atomic E-state index is 10.3. The molecule has 0 bridgehead atoms. The summed E-state index contributed by atoms with van der Waals surface area (Å²) in [5, 5.41) is -0.278. The van der Waals surface area contributed by atoms with Gasteiger partial charge in [0.2, 0.25) is 5.24 Å². The molecular formula is C10H17ClO. The van der Waals surface area contributed by atoms with Gasteiger partial charge in [-0.25, -0.2) is 0 Å². The van der Waals surface area contributed by atoms with Gasteiger partial charge in [0, 0.05) is 6.42 Å². The van der Waals surface area contributed by atoms with E-state index in [0.29, 0.717) is 6.42 Å². The van der Waals surface area contributed by atoms with Gasteiger partial charge in [0.15, 0.2) is 0 Å². The number of rotatable bonds is 7. The Morgan fingerprint density at radius 2 is 2.00 bits per heavy atom. The molecule has 0 aliphatic heterocycles. The van der Waals surface area contributed by atoms with Crippen molar-refractivity contribution >= 4 is 16.8 Å².